The van der Waals surface area contributed by atoms with Crippen molar-refractivity contribution in [3.05, 3.63) is 47.6 Å². The molecule has 4 nitrogen and oxygen atoms in total. The molecule has 0 amide bonds. The minimum absolute atomic E-state index is 0.123. The fraction of sp³-hybridized carbons (Fsp3) is 0.735. The largest absolute Gasteiger partial charge is 0.393 e. The van der Waals surface area contributed by atoms with Crippen LogP contribution in [0.5, 0.6) is 0 Å². The lowest BCUT2D eigenvalue weighted by Crippen LogP contribution is -2.35. The molecule has 0 heterocycles. The van der Waals surface area contributed by atoms with Gasteiger partial charge in [0, 0.05) is 18.3 Å². The smallest absolute Gasteiger partial charge is 0.139 e. The molecule has 0 saturated heterocycles. The van der Waals surface area contributed by atoms with E-state index in [0.717, 1.165) is 49.7 Å². The van der Waals surface area contributed by atoms with E-state index in [1.807, 2.05) is 6.08 Å². The summed E-state index contributed by atoms with van der Waals surface area (Å²) in [6, 6.07) is 0. The molecule has 4 aliphatic rings. The minimum atomic E-state index is -0.643. The molecule has 4 fully saturated rings. The van der Waals surface area contributed by atoms with Gasteiger partial charge in [-0.05, 0) is 105 Å². The fourth-order valence-electron chi connectivity index (χ4n) is 7.99. The Bertz CT molecular complexity index is 954. The second-order valence-electron chi connectivity index (χ2n) is 13.3. The zero-order valence-corrected chi connectivity index (χ0v) is 24.1. The summed E-state index contributed by atoms with van der Waals surface area (Å²) in [5, 5.41) is 31.0. The number of hydrogen-bond donors (Lipinski definition) is 3. The van der Waals surface area contributed by atoms with E-state index in [0.29, 0.717) is 49.2 Å². The Balaban J connectivity index is 1.35. The fourth-order valence-corrected chi connectivity index (χ4v) is 7.99. The summed E-state index contributed by atoms with van der Waals surface area (Å²) in [6.07, 6.45) is 20.2. The van der Waals surface area contributed by atoms with Gasteiger partial charge in [0.1, 0.15) is 5.78 Å². The van der Waals surface area contributed by atoms with Crippen LogP contribution in [0, 0.1) is 28.6 Å². The summed E-state index contributed by atoms with van der Waals surface area (Å²) < 4.78 is 0. The standard InChI is InChI=1S/C34H52O4/c1-5-6-9-32(38)34(19-20-34)18-16-27(35)13-10-23(2)29-14-15-30-25(8-7-17-33(29,30)4)11-12-26-21-28(36)22-31(37)24(26)3/h10-13,23,27-31,35-37H,3,5-9,14-22H2,1-2,4H3/b13-10+,25-11+,26-12-/t23-,27-,28-,29-,30+,31+,33-/m1/s1. The highest BCUT2D eigenvalue weighted by molar-refractivity contribution is 5.87. The molecule has 7 atom stereocenters. The van der Waals surface area contributed by atoms with Crippen molar-refractivity contribution in [2.24, 2.45) is 28.6 Å². The molecule has 212 valence electrons. The van der Waals surface area contributed by atoms with Gasteiger partial charge in [-0.25, -0.2) is 0 Å². The minimum Gasteiger partial charge on any atom is -0.393 e. The van der Waals surface area contributed by atoms with E-state index in [-0.39, 0.29) is 10.8 Å². The zero-order chi connectivity index (χ0) is 27.5. The van der Waals surface area contributed by atoms with Crippen LogP contribution in [0.3, 0.4) is 0 Å². The maximum Gasteiger partial charge on any atom is 0.139 e. The molecule has 3 N–H and O–H groups in total. The van der Waals surface area contributed by atoms with Crippen molar-refractivity contribution < 1.29 is 20.1 Å². The molecule has 0 spiro atoms. The number of ketones is 1. The zero-order valence-electron chi connectivity index (χ0n) is 24.1. The molecule has 0 unspecified atom stereocenters. The predicted octanol–water partition coefficient (Wildman–Crippen LogP) is 7.00. The Hall–Kier alpha value is -1.49. The molecule has 0 aliphatic heterocycles. The molecule has 4 heteroatoms. The molecule has 0 radical (unpaired) electrons. The van der Waals surface area contributed by atoms with Crippen LogP contribution in [-0.4, -0.2) is 39.4 Å². The Kier molecular flexibility index (Phi) is 9.59. The molecule has 4 rings (SSSR count). The van der Waals surface area contributed by atoms with E-state index in [2.05, 4.69) is 45.6 Å². The number of hydrogen-bond acceptors (Lipinski definition) is 4. The molecule has 4 aliphatic carbocycles. The number of carbonyl (C=O) groups is 1. The Labute approximate surface area is 231 Å². The van der Waals surface area contributed by atoms with Crippen LogP contribution in [0.1, 0.15) is 111 Å². The number of aliphatic hydroxyl groups excluding tert-OH is 3. The monoisotopic (exact) mass is 524 g/mol. The number of aliphatic hydroxyl groups is 3. The average Bonchev–Trinajstić information content (AvgIpc) is 3.60. The van der Waals surface area contributed by atoms with E-state index in [9.17, 15) is 20.1 Å². The normalized spacial score (nSPS) is 36.5. The van der Waals surface area contributed by atoms with Gasteiger partial charge in [-0.15, -0.1) is 0 Å². The summed E-state index contributed by atoms with van der Waals surface area (Å²) in [6.45, 7) is 11.0. The van der Waals surface area contributed by atoms with Gasteiger partial charge in [0.2, 0.25) is 0 Å². The van der Waals surface area contributed by atoms with E-state index in [4.69, 9.17) is 0 Å². The van der Waals surface area contributed by atoms with Gasteiger partial charge in [0.25, 0.3) is 0 Å². The van der Waals surface area contributed by atoms with Crippen molar-refractivity contribution >= 4 is 5.78 Å². The first kappa shape index (κ1) is 29.5. The highest BCUT2D eigenvalue weighted by Crippen LogP contribution is 2.59. The van der Waals surface area contributed by atoms with E-state index < -0.39 is 18.3 Å². The van der Waals surface area contributed by atoms with Gasteiger partial charge in [0.05, 0.1) is 18.3 Å². The summed E-state index contributed by atoms with van der Waals surface area (Å²) >= 11 is 0. The maximum absolute atomic E-state index is 12.6. The van der Waals surface area contributed by atoms with E-state index in [1.54, 1.807) is 0 Å². The van der Waals surface area contributed by atoms with Crippen LogP contribution >= 0.6 is 0 Å². The van der Waals surface area contributed by atoms with E-state index >= 15 is 0 Å². The van der Waals surface area contributed by atoms with Crippen LogP contribution in [0.25, 0.3) is 0 Å². The number of unbranched alkanes of at least 4 members (excludes halogenated alkanes) is 1. The third-order valence-corrected chi connectivity index (χ3v) is 10.7. The first-order valence-corrected chi connectivity index (χ1v) is 15.4. The number of allylic oxidation sites excluding steroid dienone is 4. The van der Waals surface area contributed by atoms with Crippen molar-refractivity contribution in [1.29, 1.82) is 0 Å². The molecular formula is C34H52O4. The summed E-state index contributed by atoms with van der Waals surface area (Å²) in [5.74, 6) is 1.98. The van der Waals surface area contributed by atoms with Crippen molar-refractivity contribution in [3.63, 3.8) is 0 Å². The van der Waals surface area contributed by atoms with Gasteiger partial charge in [-0.1, -0.05) is 63.6 Å². The lowest BCUT2D eigenvalue weighted by atomic mass is 9.61. The van der Waals surface area contributed by atoms with Crippen LogP contribution in [0.2, 0.25) is 0 Å². The van der Waals surface area contributed by atoms with Crippen LogP contribution in [0.15, 0.2) is 47.6 Å². The first-order valence-electron chi connectivity index (χ1n) is 15.4. The lowest BCUT2D eigenvalue weighted by Gasteiger charge is -2.44. The van der Waals surface area contributed by atoms with Crippen LogP contribution in [0.4, 0.5) is 0 Å². The number of fused-ring (bicyclic) bond motifs is 1. The van der Waals surface area contributed by atoms with Gasteiger partial charge in [-0.3, -0.25) is 4.79 Å². The Morgan fingerprint density at radius 3 is 2.63 bits per heavy atom. The number of rotatable bonds is 11. The SMILES string of the molecule is C=C1/C(=C\C=C2/CCC[C@]3(C)[C@@H]([C@H](C)/C=C/[C@@H](O)CCC4(C(=O)CCCC)CC4)CC[C@@H]23)C[C@@H](O)C[C@@H]1O. The van der Waals surface area contributed by atoms with Gasteiger partial charge in [0.15, 0.2) is 0 Å². The Morgan fingerprint density at radius 2 is 1.92 bits per heavy atom. The molecule has 0 aromatic carbocycles. The summed E-state index contributed by atoms with van der Waals surface area (Å²) in [5.41, 5.74) is 3.38. The van der Waals surface area contributed by atoms with E-state index in [1.165, 1.54) is 31.3 Å². The van der Waals surface area contributed by atoms with Crippen molar-refractivity contribution in [1.82, 2.24) is 0 Å². The topological polar surface area (TPSA) is 77.8 Å². The maximum atomic E-state index is 12.6. The van der Waals surface area contributed by atoms with Gasteiger partial charge >= 0.3 is 0 Å². The third kappa shape index (κ3) is 6.45. The second-order valence-corrected chi connectivity index (χ2v) is 13.3. The third-order valence-electron chi connectivity index (χ3n) is 10.7. The number of carbonyl (C=O) groups excluding carboxylic acids is 1. The quantitative estimate of drug-likeness (QED) is 0.254. The molecule has 38 heavy (non-hydrogen) atoms. The molecular weight excluding hydrogens is 472 g/mol. The summed E-state index contributed by atoms with van der Waals surface area (Å²) in [4.78, 5) is 12.6. The van der Waals surface area contributed by atoms with Crippen LogP contribution in [-0.2, 0) is 4.79 Å². The highest BCUT2D eigenvalue weighted by atomic mass is 16.3. The first-order chi connectivity index (χ1) is 18.1. The average molecular weight is 525 g/mol. The molecule has 0 aromatic heterocycles. The Morgan fingerprint density at radius 1 is 1.16 bits per heavy atom. The molecule has 4 saturated carbocycles. The van der Waals surface area contributed by atoms with Gasteiger partial charge < -0.3 is 15.3 Å². The highest BCUT2D eigenvalue weighted by Gasteiger charge is 2.50. The predicted molar refractivity (Wildman–Crippen MR) is 154 cm³/mol. The van der Waals surface area contributed by atoms with Gasteiger partial charge in [-0.2, -0.15) is 0 Å². The summed E-state index contributed by atoms with van der Waals surface area (Å²) in [7, 11) is 0. The van der Waals surface area contributed by atoms with Crippen molar-refractivity contribution in [2.45, 2.75) is 129 Å². The molecule has 0 aromatic rings. The number of Topliss-reactive ketones (excluding diaryl/α,β-unsaturated/α-hetero) is 1. The van der Waals surface area contributed by atoms with Crippen LogP contribution < -0.4 is 0 Å². The van der Waals surface area contributed by atoms with Crippen molar-refractivity contribution in [3.8, 4) is 0 Å². The second kappa shape index (κ2) is 12.4. The van der Waals surface area contributed by atoms with Crippen molar-refractivity contribution in [2.75, 3.05) is 0 Å². The molecule has 0 bridgehead atoms. The lowest BCUT2D eigenvalue weighted by molar-refractivity contribution is -0.124.